The van der Waals surface area contributed by atoms with Crippen molar-refractivity contribution < 1.29 is 71.2 Å². The van der Waals surface area contributed by atoms with Crippen molar-refractivity contribution in [2.75, 3.05) is 21.1 Å². The fourth-order valence-electron chi connectivity index (χ4n) is 8.92. The molecule has 16 nitrogen and oxygen atoms in total. The summed E-state index contributed by atoms with van der Waals surface area (Å²) in [5, 5.41) is 9.53. The molecule has 8 atom stereocenters. The van der Waals surface area contributed by atoms with Crippen LogP contribution in [0.2, 0.25) is 0 Å². The third-order valence-corrected chi connectivity index (χ3v) is 13.6. The van der Waals surface area contributed by atoms with Crippen molar-refractivity contribution in [3.8, 4) is 0 Å². The fraction of sp³-hybridized carbons (Fsp3) is 0.677. The molecule has 0 aliphatic carbocycles. The van der Waals surface area contributed by atoms with Gasteiger partial charge in [0.15, 0.2) is 24.4 Å². The van der Waals surface area contributed by atoms with Crippen LogP contribution in [-0.2, 0) is 81.0 Å². The normalized spacial score (nSPS) is 15.6. The quantitative estimate of drug-likeness (QED) is 0.0727. The third-order valence-electron chi connectivity index (χ3n) is 13.6. The van der Waals surface area contributed by atoms with Gasteiger partial charge in [0, 0.05) is 40.4 Å². The number of carbonyl (C=O) groups is 8. The number of halogens is 2. The number of amides is 3. The Kier molecular flexibility index (Phi) is 24.3. The Morgan fingerprint density at radius 2 is 0.738 bits per heavy atom. The summed E-state index contributed by atoms with van der Waals surface area (Å²) in [6.07, 6.45) is -7.50. The molecule has 450 valence electrons. The van der Waals surface area contributed by atoms with Gasteiger partial charge in [-0.2, -0.15) is 0 Å². The number of ether oxygens (including phenoxy) is 4. The van der Waals surface area contributed by atoms with Crippen LogP contribution in [-0.4, -0.2) is 142 Å². The summed E-state index contributed by atoms with van der Waals surface area (Å²) >= 11 is 0. The maximum atomic E-state index is 15.9. The van der Waals surface area contributed by atoms with Crippen molar-refractivity contribution in [2.24, 2.45) is 16.7 Å². The van der Waals surface area contributed by atoms with Crippen LogP contribution in [0.25, 0.3) is 0 Å². The monoisotopic (exact) mass is 1130 g/mol. The maximum Gasteiger partial charge on any atom is 0.344 e. The van der Waals surface area contributed by atoms with Gasteiger partial charge in [-0.3, -0.25) is 19.2 Å². The van der Waals surface area contributed by atoms with Crippen molar-refractivity contribution in [3.63, 3.8) is 0 Å². The summed E-state index contributed by atoms with van der Waals surface area (Å²) < 4.78 is 53.5. The largest absolute Gasteiger partial charge is 0.479 e. The molecule has 1 N–H and O–H groups in total. The number of hydrogen-bond acceptors (Lipinski definition) is 12. The minimum atomic E-state index is -2.13. The molecule has 0 saturated carbocycles. The zero-order valence-electron chi connectivity index (χ0n) is 51.9. The van der Waals surface area contributed by atoms with Crippen LogP contribution in [0, 0.1) is 16.7 Å². The Bertz CT molecular complexity index is 2450. The minimum Gasteiger partial charge on any atom is -0.479 e. The number of alkyl halides is 2. The Morgan fingerprint density at radius 1 is 0.438 bits per heavy atom. The molecule has 2 rings (SSSR count). The Balaban J connectivity index is 2.64. The number of carbonyl (C=O) groups excluding carboxylic acids is 7. The summed E-state index contributed by atoms with van der Waals surface area (Å²) in [5.74, 6) is -9.00. The Morgan fingerprint density at radius 3 is 1.05 bits per heavy atom. The van der Waals surface area contributed by atoms with Crippen molar-refractivity contribution in [1.82, 2.24) is 14.7 Å². The molecule has 18 heteroatoms. The number of nitrogens with zero attached hydrogens (tertiary/aromatic N) is 3. The van der Waals surface area contributed by atoms with E-state index in [0.29, 0.717) is 11.1 Å². The van der Waals surface area contributed by atoms with Gasteiger partial charge in [-0.15, -0.1) is 0 Å². The van der Waals surface area contributed by atoms with E-state index in [-0.39, 0.29) is 42.9 Å². The highest BCUT2D eigenvalue weighted by molar-refractivity contribution is 5.93. The summed E-state index contributed by atoms with van der Waals surface area (Å²) in [7, 11) is 3.84. The number of benzene rings is 2. The van der Waals surface area contributed by atoms with Gasteiger partial charge >= 0.3 is 29.8 Å². The first-order valence-electron chi connectivity index (χ1n) is 27.5. The van der Waals surface area contributed by atoms with Crippen LogP contribution < -0.4 is 0 Å². The average molecular weight is 1130 g/mol. The smallest absolute Gasteiger partial charge is 0.344 e. The highest BCUT2D eigenvalue weighted by Gasteiger charge is 2.44. The van der Waals surface area contributed by atoms with Gasteiger partial charge in [-0.25, -0.2) is 28.0 Å². The molecule has 80 heavy (non-hydrogen) atoms. The SMILES string of the molecule is C[C@@H](CC(C)(C)F)C(=O)O[C@H](Cc1ccc(C(C)(C)C)cc1)C(=O)N(C)[C@@H](CC(C)(C)C)C(=O)O[C@H](C)C(=O)N(C)[C@@H](CC(C)(C)F)C(=O)O[C@H](Cc1ccc(C(C)(C)C)cc1)C(=O)N(C)[C@@H](CC(C)(C)C)C(=O)O[C@H](C)C(=O)O. The van der Waals surface area contributed by atoms with Crippen LogP contribution in [0.3, 0.4) is 0 Å². The van der Waals surface area contributed by atoms with E-state index in [2.05, 4.69) is 20.8 Å². The second-order valence-electron chi connectivity index (χ2n) is 27.3. The Hall–Kier alpha value is -5.94. The molecule has 0 saturated heterocycles. The molecule has 2 aromatic carbocycles. The van der Waals surface area contributed by atoms with E-state index in [0.717, 1.165) is 25.8 Å². The van der Waals surface area contributed by atoms with Crippen LogP contribution in [0.1, 0.15) is 179 Å². The van der Waals surface area contributed by atoms with E-state index in [1.54, 1.807) is 12.1 Å². The predicted octanol–water partition coefficient (Wildman–Crippen LogP) is 10.1. The highest BCUT2D eigenvalue weighted by Crippen LogP contribution is 2.31. The van der Waals surface area contributed by atoms with Gasteiger partial charge in [0.25, 0.3) is 17.7 Å². The van der Waals surface area contributed by atoms with E-state index >= 15 is 4.39 Å². The number of esters is 4. The third kappa shape index (κ3) is 22.9. The molecule has 0 heterocycles. The first-order valence-corrected chi connectivity index (χ1v) is 27.5. The van der Waals surface area contributed by atoms with E-state index < -0.39 is 125 Å². The summed E-state index contributed by atoms with van der Waals surface area (Å²) in [6, 6.07) is 10.2. The second-order valence-corrected chi connectivity index (χ2v) is 27.3. The Labute approximate surface area is 475 Å². The molecule has 0 aliphatic heterocycles. The molecule has 0 unspecified atom stereocenters. The fourth-order valence-corrected chi connectivity index (χ4v) is 8.92. The van der Waals surface area contributed by atoms with Crippen LogP contribution >= 0.6 is 0 Å². The van der Waals surface area contributed by atoms with Gasteiger partial charge in [0.05, 0.1) is 5.92 Å². The molecule has 0 radical (unpaired) electrons. The molecule has 0 spiro atoms. The second kappa shape index (κ2) is 27.7. The highest BCUT2D eigenvalue weighted by atomic mass is 19.1. The standard InChI is InChI=1S/C62H95F2N3O13/c1-37(33-61(16,17)63)53(73)79-47(31-40-23-27-42(28-24-40)59(10,11)12)50(69)66(21)44(34-57(4,5)6)54(74)77-38(2)49(68)65(20)46(36-62(18,19)64)56(76)80-48(32-41-25-29-43(30-26-41)60(13,14)15)51(70)67(22)45(35-58(7,8)9)55(75)78-39(3)52(71)72/h23-30,37-39,44-48H,31-36H2,1-22H3,(H,71,72)/t37-,38+,39+,44-,45-,46-,47+,48+/m0/s1. The van der Waals surface area contributed by atoms with Crippen LogP contribution in [0.15, 0.2) is 48.5 Å². The van der Waals surface area contributed by atoms with Crippen molar-refractivity contribution in [1.29, 1.82) is 0 Å². The van der Waals surface area contributed by atoms with Gasteiger partial charge < -0.3 is 38.8 Å². The number of rotatable bonds is 25. The van der Waals surface area contributed by atoms with E-state index in [4.69, 9.17) is 18.9 Å². The van der Waals surface area contributed by atoms with Crippen molar-refractivity contribution >= 4 is 47.6 Å². The van der Waals surface area contributed by atoms with E-state index in [1.165, 1.54) is 69.6 Å². The zero-order valence-corrected chi connectivity index (χ0v) is 51.9. The number of hydrogen-bond donors (Lipinski definition) is 1. The molecule has 2 aromatic rings. The molecule has 0 aliphatic rings. The van der Waals surface area contributed by atoms with E-state index in [9.17, 15) is 47.9 Å². The van der Waals surface area contributed by atoms with Gasteiger partial charge in [0.1, 0.15) is 29.5 Å². The summed E-state index contributed by atoms with van der Waals surface area (Å²) in [4.78, 5) is 115. The van der Waals surface area contributed by atoms with Crippen LogP contribution in [0.5, 0.6) is 0 Å². The molecule has 3 amide bonds. The van der Waals surface area contributed by atoms with Gasteiger partial charge in [0.2, 0.25) is 0 Å². The number of carboxylic acids is 1. The number of likely N-dealkylation sites (N-methyl/N-ethyl adjacent to an activating group) is 3. The lowest BCUT2D eigenvalue weighted by Gasteiger charge is -2.36. The molecule has 0 bridgehead atoms. The van der Waals surface area contributed by atoms with Crippen molar-refractivity contribution in [3.05, 3.63) is 70.8 Å². The van der Waals surface area contributed by atoms with Crippen LogP contribution in [0.4, 0.5) is 8.78 Å². The lowest BCUT2D eigenvalue weighted by Crippen LogP contribution is -2.54. The number of carboxylic acid groups (broad SMARTS) is 1. The summed E-state index contributed by atoms with van der Waals surface area (Å²) in [6.45, 7) is 32.1. The van der Waals surface area contributed by atoms with Crippen molar-refractivity contribution in [2.45, 2.75) is 235 Å². The van der Waals surface area contributed by atoms with Gasteiger partial charge in [-0.1, -0.05) is 139 Å². The number of aliphatic carboxylic acids is 1. The molecular formula is C62H95F2N3O13. The molecular weight excluding hydrogens is 1030 g/mol. The topological polar surface area (TPSA) is 203 Å². The zero-order chi connectivity index (χ0) is 62.0. The average Bonchev–Trinajstić information content (AvgIpc) is 3.30. The molecule has 0 fully saturated rings. The lowest BCUT2D eigenvalue weighted by molar-refractivity contribution is -0.175. The van der Waals surface area contributed by atoms with E-state index in [1.807, 2.05) is 98.7 Å². The molecule has 0 aromatic heterocycles. The maximum absolute atomic E-state index is 15.9. The van der Waals surface area contributed by atoms with Gasteiger partial charge in [-0.05, 0) is 105 Å². The first kappa shape index (κ1) is 70.2. The lowest BCUT2D eigenvalue weighted by atomic mass is 9.86. The first-order chi connectivity index (χ1) is 36.1. The summed E-state index contributed by atoms with van der Waals surface area (Å²) in [5.41, 5.74) is -2.34. The minimum absolute atomic E-state index is 0.00108. The predicted molar refractivity (Wildman–Crippen MR) is 303 cm³/mol.